The second kappa shape index (κ2) is 1.37. The Hall–Kier alpha value is 0.610. The Morgan fingerprint density at radius 3 is 0.800 bits per heavy atom. The van der Waals surface area contributed by atoms with Crippen LogP contribution in [0.2, 0.25) is 0 Å². The molecule has 0 rings (SSSR count). The molecule has 0 nitrogen and oxygen atoms in total. The first-order chi connectivity index (χ1) is 2.00. The van der Waals surface area contributed by atoms with Gasteiger partial charge in [0.05, 0.1) is 0 Å². The van der Waals surface area contributed by atoms with Crippen LogP contribution in [-0.2, 0) is 0 Å². The summed E-state index contributed by atoms with van der Waals surface area (Å²) in [7, 11) is 16.9. The Balaban J connectivity index is 3.02. The Labute approximate surface area is 38.6 Å². The van der Waals surface area contributed by atoms with Gasteiger partial charge in [-0.1, -0.05) is 0 Å². The van der Waals surface area contributed by atoms with Crippen LogP contribution in [0, 0.1) is 0 Å². The lowest BCUT2D eigenvalue weighted by atomic mass is 10.6. The molecule has 0 amide bonds. The quantitative estimate of drug-likeness (QED) is 0.328. The maximum atomic E-state index is 4.77. The average molecular weight is 75.3 g/mol. The van der Waals surface area contributed by atoms with Crippen molar-refractivity contribution in [2.75, 3.05) is 0 Å². The van der Waals surface area contributed by atoms with Gasteiger partial charge >= 0.3 is 0 Å². The molecule has 0 aromatic carbocycles. The van der Waals surface area contributed by atoms with Crippen molar-refractivity contribution in [1.29, 1.82) is 0 Å². The molecule has 0 heterocycles. The van der Waals surface area contributed by atoms with Crippen LogP contribution in [0.1, 0.15) is 0 Å². The zero-order valence-corrected chi connectivity index (χ0v) is 3.53. The van der Waals surface area contributed by atoms with Crippen LogP contribution in [-0.4, -0.2) is 28.5 Å². The minimum absolute atomic E-state index is 2.17. The van der Waals surface area contributed by atoms with Gasteiger partial charge in [-0.3, -0.25) is 0 Å². The molecule has 0 aromatic heterocycles. The van der Waals surface area contributed by atoms with E-state index in [-0.39, 0.29) is 0 Å². The SMILES string of the molecule is [B]S([B])([B])[B]. The van der Waals surface area contributed by atoms with Gasteiger partial charge in [0.25, 0.3) is 0 Å². The van der Waals surface area contributed by atoms with E-state index in [1.807, 2.05) is 0 Å². The summed E-state index contributed by atoms with van der Waals surface area (Å²) < 4.78 is 0. The Bertz CT molecular complexity index is 19.1. The maximum Gasteiger partial charge on any atom is 0.102 e. The van der Waals surface area contributed by atoms with Gasteiger partial charge in [0.2, 0.25) is 0 Å². The molecular weight excluding hydrogens is 75.3 g/mol. The number of rotatable bonds is 0. The average Bonchev–Trinajstić information content (AvgIpc) is 0.722. The summed E-state index contributed by atoms with van der Waals surface area (Å²) in [6.45, 7) is 0. The van der Waals surface area contributed by atoms with Gasteiger partial charge in [-0.15, -0.1) is 0 Å². The van der Waals surface area contributed by atoms with Gasteiger partial charge in [-0.05, 0) is 0 Å². The fourth-order valence-electron chi connectivity index (χ4n) is 0. The molecule has 0 aliphatic heterocycles. The van der Waals surface area contributed by atoms with Gasteiger partial charge in [0.15, 0.2) is 0 Å². The van der Waals surface area contributed by atoms with Crippen molar-refractivity contribution < 1.29 is 0 Å². The number of hydrogen-bond acceptors (Lipinski definition) is 0. The molecule has 5 heteroatoms. The molecule has 0 unspecified atom stereocenters. The van der Waals surface area contributed by atoms with E-state index in [0.29, 0.717) is 0 Å². The van der Waals surface area contributed by atoms with Crippen molar-refractivity contribution in [3.8, 4) is 0 Å². The van der Waals surface area contributed by atoms with E-state index >= 15 is 0 Å². The van der Waals surface area contributed by atoms with E-state index in [1.165, 1.54) is 0 Å². The summed E-state index contributed by atoms with van der Waals surface area (Å²) in [6, 6.07) is 0. The highest BCUT2D eigenvalue weighted by Gasteiger charge is 1.87. The Kier molecular flexibility index (Phi) is 1.54. The predicted molar refractivity (Wildman–Crippen MR) is 30.6 cm³/mol. The van der Waals surface area contributed by atoms with Crippen molar-refractivity contribution in [2.24, 2.45) is 0 Å². The molecule has 5 heavy (non-hydrogen) atoms. The largest absolute Gasteiger partial charge is 0.407 e. The summed E-state index contributed by atoms with van der Waals surface area (Å²) in [6.07, 6.45) is 0. The highest BCUT2D eigenvalue weighted by atomic mass is 32.3. The third-order valence-corrected chi connectivity index (χ3v) is 0. The van der Waals surface area contributed by atoms with Crippen molar-refractivity contribution >= 4 is 37.9 Å². The highest BCUT2D eigenvalue weighted by molar-refractivity contribution is 8.87. The van der Waals surface area contributed by atoms with Crippen LogP contribution < -0.4 is 0 Å². The third-order valence-electron chi connectivity index (χ3n) is 0. The van der Waals surface area contributed by atoms with E-state index in [9.17, 15) is 0 Å². The van der Waals surface area contributed by atoms with E-state index < -0.39 is 9.43 Å². The molecule has 0 fully saturated rings. The first-order valence-electron chi connectivity index (χ1n) is 0.943. The molecular formula is B4S. The fraction of sp³-hybridized carbons (Fsp3) is 0. The van der Waals surface area contributed by atoms with E-state index in [1.54, 1.807) is 0 Å². The lowest BCUT2D eigenvalue weighted by molar-refractivity contribution is 4.47. The normalized spacial score (nSPS) is 14.4. The maximum absolute atomic E-state index is 4.77. The number of hydrogen-bond donors (Lipinski definition) is 0. The molecule has 0 aliphatic carbocycles. The molecule has 0 saturated heterocycles. The van der Waals surface area contributed by atoms with E-state index in [0.717, 1.165) is 0 Å². The van der Waals surface area contributed by atoms with E-state index in [4.69, 9.17) is 28.5 Å². The molecule has 8 radical (unpaired) electrons. The van der Waals surface area contributed by atoms with Crippen molar-refractivity contribution in [3.63, 3.8) is 0 Å². The third kappa shape index (κ3) is 84.4. The molecule has 0 N–H and O–H groups in total. The van der Waals surface area contributed by atoms with Crippen LogP contribution in [0.25, 0.3) is 0 Å². The lowest BCUT2D eigenvalue weighted by Crippen LogP contribution is -1.93. The standard InChI is InChI=1S/B4S/c1-5(2,3)4. The van der Waals surface area contributed by atoms with Crippen molar-refractivity contribution in [1.82, 2.24) is 0 Å². The molecule has 0 atom stereocenters. The molecule has 0 aliphatic rings. The van der Waals surface area contributed by atoms with Crippen LogP contribution in [0.4, 0.5) is 0 Å². The molecule has 18 valence electrons. The zero-order valence-electron chi connectivity index (χ0n) is 2.72. The van der Waals surface area contributed by atoms with Gasteiger partial charge in [-0.2, -0.15) is 0 Å². The smallest absolute Gasteiger partial charge is 0.102 e. The van der Waals surface area contributed by atoms with Crippen molar-refractivity contribution in [2.45, 2.75) is 0 Å². The summed E-state index contributed by atoms with van der Waals surface area (Å²) in [5, 5.41) is 0. The second-order valence-corrected chi connectivity index (χ2v) is 2.45. The summed E-state index contributed by atoms with van der Waals surface area (Å²) in [4.78, 5) is 0. The zero-order chi connectivity index (χ0) is 4.50. The minimum Gasteiger partial charge on any atom is -0.407 e. The molecule has 0 bridgehead atoms. The van der Waals surface area contributed by atoms with Gasteiger partial charge in [0, 0.05) is 0 Å². The highest BCUT2D eigenvalue weighted by Crippen LogP contribution is 2.20. The molecule has 0 aromatic rings. The monoisotopic (exact) mass is 76.0 g/mol. The van der Waals surface area contributed by atoms with Crippen LogP contribution >= 0.6 is 9.43 Å². The van der Waals surface area contributed by atoms with Gasteiger partial charge in [-0.25, -0.2) is 0 Å². The molecule has 0 spiro atoms. The molecule has 0 saturated carbocycles. The van der Waals surface area contributed by atoms with Crippen LogP contribution in [0.15, 0.2) is 0 Å². The summed E-state index contributed by atoms with van der Waals surface area (Å²) in [5.41, 5.74) is 0. The first kappa shape index (κ1) is 5.61. The van der Waals surface area contributed by atoms with Crippen LogP contribution in [0.5, 0.6) is 0 Å². The van der Waals surface area contributed by atoms with Gasteiger partial charge < -0.3 is 9.43 Å². The lowest BCUT2D eigenvalue weighted by Gasteiger charge is -2.17. The Morgan fingerprint density at radius 1 is 0.800 bits per heavy atom. The van der Waals surface area contributed by atoms with Crippen molar-refractivity contribution in [3.05, 3.63) is 0 Å². The van der Waals surface area contributed by atoms with Crippen LogP contribution in [0.3, 0.4) is 0 Å². The fourth-order valence-corrected chi connectivity index (χ4v) is 0. The minimum atomic E-state index is -2.17. The van der Waals surface area contributed by atoms with E-state index in [2.05, 4.69) is 0 Å². The second-order valence-electron chi connectivity index (χ2n) is 0.816. The Morgan fingerprint density at radius 2 is 0.800 bits per heavy atom. The summed E-state index contributed by atoms with van der Waals surface area (Å²) in [5.74, 6) is 0. The topological polar surface area (TPSA) is 0 Å². The predicted octanol–water partition coefficient (Wildman–Crippen LogP) is -0.875. The summed E-state index contributed by atoms with van der Waals surface area (Å²) >= 11 is 0. The van der Waals surface area contributed by atoms with Gasteiger partial charge in [0.1, 0.15) is 28.5 Å². The first-order valence-corrected chi connectivity index (χ1v) is 2.83.